The number of rotatable bonds is 4. The number of aromatic nitrogens is 1. The summed E-state index contributed by atoms with van der Waals surface area (Å²) in [5, 5.41) is 3.30. The lowest BCUT2D eigenvalue weighted by Crippen LogP contribution is -2.45. The van der Waals surface area contributed by atoms with E-state index < -0.39 is 0 Å². The smallest absolute Gasteiger partial charge is 0.224 e. The van der Waals surface area contributed by atoms with Crippen molar-refractivity contribution in [3.05, 3.63) is 30.1 Å². The Morgan fingerprint density at radius 3 is 2.26 bits per heavy atom. The maximum atomic E-state index is 12.5. The van der Waals surface area contributed by atoms with Crippen molar-refractivity contribution in [3.8, 4) is 0 Å². The number of nitrogens with one attached hydrogen (secondary N) is 1. The highest BCUT2D eigenvalue weighted by Crippen LogP contribution is 2.68. The number of carbonyl (C=O) groups excluding carboxylic acids is 1. The van der Waals surface area contributed by atoms with Crippen molar-refractivity contribution in [1.82, 2.24) is 15.2 Å². The van der Waals surface area contributed by atoms with Crippen LogP contribution in [0.1, 0.15) is 46.1 Å². The Kier molecular flexibility index (Phi) is 4.21. The first-order valence-corrected chi connectivity index (χ1v) is 8.74. The molecule has 2 heterocycles. The molecule has 1 aliphatic heterocycles. The van der Waals surface area contributed by atoms with Gasteiger partial charge in [-0.05, 0) is 41.4 Å². The summed E-state index contributed by atoms with van der Waals surface area (Å²) in [6.45, 7) is 11.9. The predicted molar refractivity (Wildman–Crippen MR) is 91.7 cm³/mol. The van der Waals surface area contributed by atoms with E-state index in [4.69, 9.17) is 0 Å². The number of hydrogen-bond acceptors (Lipinski definition) is 3. The lowest BCUT2D eigenvalue weighted by molar-refractivity contribution is -0.124. The molecule has 0 aromatic carbocycles. The van der Waals surface area contributed by atoms with Crippen molar-refractivity contribution >= 4 is 5.91 Å². The molecule has 0 unspecified atom stereocenters. The zero-order valence-corrected chi connectivity index (χ0v) is 14.8. The Morgan fingerprint density at radius 2 is 1.74 bits per heavy atom. The summed E-state index contributed by atoms with van der Waals surface area (Å²) < 4.78 is 0. The average molecular weight is 315 g/mol. The van der Waals surface area contributed by atoms with Crippen LogP contribution in [-0.4, -0.2) is 34.9 Å². The maximum absolute atomic E-state index is 12.5. The average Bonchev–Trinajstić information content (AvgIpc) is 2.92. The number of amides is 1. The third kappa shape index (κ3) is 3.14. The minimum atomic E-state index is 0.124. The van der Waals surface area contributed by atoms with E-state index >= 15 is 0 Å². The molecule has 4 heteroatoms. The van der Waals surface area contributed by atoms with Crippen molar-refractivity contribution in [1.29, 1.82) is 0 Å². The van der Waals surface area contributed by atoms with E-state index in [1.165, 1.54) is 5.56 Å². The highest BCUT2D eigenvalue weighted by atomic mass is 16.2. The van der Waals surface area contributed by atoms with Gasteiger partial charge >= 0.3 is 0 Å². The molecule has 4 nitrogen and oxygen atoms in total. The summed E-state index contributed by atoms with van der Waals surface area (Å²) in [5.41, 5.74) is 1.56. The Morgan fingerprint density at radius 1 is 1.17 bits per heavy atom. The fourth-order valence-electron chi connectivity index (χ4n) is 4.12. The Balaban J connectivity index is 1.46. The van der Waals surface area contributed by atoms with Crippen LogP contribution in [0.25, 0.3) is 0 Å². The number of carbonyl (C=O) groups is 1. The minimum absolute atomic E-state index is 0.124. The third-order valence-corrected chi connectivity index (χ3v) is 6.37. The molecule has 3 rings (SSSR count). The lowest BCUT2D eigenvalue weighted by Gasteiger charge is -2.32. The first kappa shape index (κ1) is 16.4. The van der Waals surface area contributed by atoms with E-state index in [1.54, 1.807) is 0 Å². The quantitative estimate of drug-likeness (QED) is 0.929. The largest absolute Gasteiger partial charge is 0.353 e. The molecule has 1 saturated carbocycles. The third-order valence-electron chi connectivity index (χ3n) is 6.37. The molecule has 2 fully saturated rings. The first-order valence-electron chi connectivity index (χ1n) is 8.74. The fourth-order valence-corrected chi connectivity index (χ4v) is 4.12. The van der Waals surface area contributed by atoms with E-state index in [9.17, 15) is 4.79 Å². The van der Waals surface area contributed by atoms with Crippen LogP contribution in [0.3, 0.4) is 0 Å². The van der Waals surface area contributed by atoms with Gasteiger partial charge in [0, 0.05) is 44.0 Å². The SMILES string of the molecule is CC1(C)C(C(=O)NC2CCN(Cc3ccncc3)CC2)C1(C)C. The molecule has 1 amide bonds. The standard InChI is InChI=1S/C19H29N3O/c1-18(2)16(19(18,3)4)17(23)21-15-7-11-22(12-8-15)13-14-5-9-20-10-6-14/h5-6,9-10,15-16H,7-8,11-13H2,1-4H3,(H,21,23). The highest BCUT2D eigenvalue weighted by Gasteiger charge is 2.68. The van der Waals surface area contributed by atoms with Gasteiger partial charge in [-0.2, -0.15) is 0 Å². The lowest BCUT2D eigenvalue weighted by atomic mass is 10.0. The van der Waals surface area contributed by atoms with Crippen LogP contribution in [0.2, 0.25) is 0 Å². The minimum Gasteiger partial charge on any atom is -0.353 e. The van der Waals surface area contributed by atoms with E-state index in [1.807, 2.05) is 12.4 Å². The van der Waals surface area contributed by atoms with Gasteiger partial charge in [0.25, 0.3) is 0 Å². The van der Waals surface area contributed by atoms with E-state index in [0.29, 0.717) is 6.04 Å². The van der Waals surface area contributed by atoms with Gasteiger partial charge in [-0.15, -0.1) is 0 Å². The molecule has 0 radical (unpaired) electrons. The van der Waals surface area contributed by atoms with Gasteiger partial charge in [-0.3, -0.25) is 14.7 Å². The van der Waals surface area contributed by atoms with E-state index in [0.717, 1.165) is 32.5 Å². The summed E-state index contributed by atoms with van der Waals surface area (Å²) in [6.07, 6.45) is 5.79. The van der Waals surface area contributed by atoms with Crippen LogP contribution in [0.5, 0.6) is 0 Å². The van der Waals surface area contributed by atoms with Crippen LogP contribution in [0.4, 0.5) is 0 Å². The number of piperidine rings is 1. The van der Waals surface area contributed by atoms with Gasteiger partial charge in [0.1, 0.15) is 0 Å². The number of likely N-dealkylation sites (tertiary alicyclic amines) is 1. The van der Waals surface area contributed by atoms with Crippen molar-refractivity contribution in [2.75, 3.05) is 13.1 Å². The number of nitrogens with zero attached hydrogens (tertiary/aromatic N) is 2. The van der Waals surface area contributed by atoms with Crippen molar-refractivity contribution in [2.24, 2.45) is 16.7 Å². The molecule has 0 atom stereocenters. The van der Waals surface area contributed by atoms with Gasteiger partial charge in [0.2, 0.25) is 5.91 Å². The Hall–Kier alpha value is -1.42. The Labute approximate surface area is 139 Å². The number of hydrogen-bond donors (Lipinski definition) is 1. The summed E-state index contributed by atoms with van der Waals surface area (Å²) in [5.74, 6) is 0.414. The fraction of sp³-hybridized carbons (Fsp3) is 0.684. The summed E-state index contributed by atoms with van der Waals surface area (Å²) in [4.78, 5) is 19.1. The topological polar surface area (TPSA) is 45.2 Å². The monoisotopic (exact) mass is 315 g/mol. The Bertz CT molecular complexity index is 545. The molecule has 0 spiro atoms. The normalized spacial score (nSPS) is 24.3. The summed E-state index contributed by atoms with van der Waals surface area (Å²) in [7, 11) is 0. The molecule has 0 bridgehead atoms. The van der Waals surface area contributed by atoms with Crippen LogP contribution < -0.4 is 5.32 Å². The zero-order valence-electron chi connectivity index (χ0n) is 14.8. The molecular weight excluding hydrogens is 286 g/mol. The van der Waals surface area contributed by atoms with Crippen LogP contribution in [0, 0.1) is 16.7 Å². The molecule has 1 aromatic rings. The van der Waals surface area contributed by atoms with Gasteiger partial charge in [-0.25, -0.2) is 0 Å². The first-order chi connectivity index (χ1) is 10.8. The van der Waals surface area contributed by atoms with Crippen molar-refractivity contribution in [2.45, 2.75) is 53.1 Å². The summed E-state index contributed by atoms with van der Waals surface area (Å²) in [6, 6.07) is 4.49. The van der Waals surface area contributed by atoms with Gasteiger partial charge < -0.3 is 5.32 Å². The highest BCUT2D eigenvalue weighted by molar-refractivity contribution is 5.84. The second-order valence-electron chi connectivity index (χ2n) is 8.29. The van der Waals surface area contributed by atoms with E-state index in [-0.39, 0.29) is 22.7 Å². The molecule has 1 N–H and O–H groups in total. The van der Waals surface area contributed by atoms with Gasteiger partial charge in [0.05, 0.1) is 0 Å². The van der Waals surface area contributed by atoms with Crippen LogP contribution in [-0.2, 0) is 11.3 Å². The van der Waals surface area contributed by atoms with Crippen LogP contribution in [0.15, 0.2) is 24.5 Å². The predicted octanol–water partition coefficient (Wildman–Crippen LogP) is 2.84. The molecule has 2 aliphatic rings. The van der Waals surface area contributed by atoms with Crippen molar-refractivity contribution in [3.63, 3.8) is 0 Å². The molecule has 1 saturated heterocycles. The van der Waals surface area contributed by atoms with Gasteiger partial charge in [0.15, 0.2) is 0 Å². The van der Waals surface area contributed by atoms with Crippen molar-refractivity contribution < 1.29 is 4.79 Å². The second-order valence-corrected chi connectivity index (χ2v) is 8.29. The summed E-state index contributed by atoms with van der Waals surface area (Å²) >= 11 is 0. The molecule has 126 valence electrons. The maximum Gasteiger partial charge on any atom is 0.224 e. The molecular formula is C19H29N3O. The number of pyridine rings is 1. The van der Waals surface area contributed by atoms with E-state index in [2.05, 4.69) is 55.0 Å². The zero-order chi connectivity index (χ0) is 16.7. The molecule has 1 aliphatic carbocycles. The molecule has 23 heavy (non-hydrogen) atoms. The second kappa shape index (κ2) is 5.90. The molecule has 1 aromatic heterocycles. The van der Waals surface area contributed by atoms with Gasteiger partial charge in [-0.1, -0.05) is 27.7 Å². The van der Waals surface area contributed by atoms with Crippen LogP contribution >= 0.6 is 0 Å².